The second-order valence-electron chi connectivity index (χ2n) is 6.96. The number of carbonyl (C=O) groups is 1. The summed E-state index contributed by atoms with van der Waals surface area (Å²) in [5.41, 5.74) is -0.428. The maximum absolute atomic E-state index is 12.5. The summed E-state index contributed by atoms with van der Waals surface area (Å²) in [5.74, 6) is 0.609. The van der Waals surface area contributed by atoms with E-state index in [0.717, 1.165) is 12.8 Å². The molecule has 0 saturated carbocycles. The fraction of sp³-hybridized carbons (Fsp3) is 0.706. The minimum absolute atomic E-state index is 0.0998. The van der Waals surface area contributed by atoms with E-state index in [1.54, 1.807) is 6.07 Å². The molecule has 1 aromatic heterocycles. The van der Waals surface area contributed by atoms with Crippen LogP contribution in [0.4, 0.5) is 0 Å². The molecule has 1 heterocycles. The maximum atomic E-state index is 12.5. The molecule has 0 bridgehead atoms. The van der Waals surface area contributed by atoms with Gasteiger partial charge in [-0.05, 0) is 49.9 Å². The van der Waals surface area contributed by atoms with Gasteiger partial charge in [-0.15, -0.1) is 0 Å². The maximum Gasteiger partial charge on any atom is 0.312 e. The van der Waals surface area contributed by atoms with Crippen LogP contribution in [0.1, 0.15) is 47.5 Å². The number of ether oxygens (including phenoxy) is 1. The largest absolute Gasteiger partial charge is 0.465 e. The van der Waals surface area contributed by atoms with Crippen molar-refractivity contribution < 1.29 is 9.53 Å². The van der Waals surface area contributed by atoms with E-state index in [1.165, 1.54) is 0 Å². The number of nitrogens with one attached hydrogen (secondary N) is 1. The molecule has 0 saturated heterocycles. The van der Waals surface area contributed by atoms with Gasteiger partial charge >= 0.3 is 5.97 Å². The number of hydrogen-bond donors (Lipinski definition) is 1. The lowest BCUT2D eigenvalue weighted by Gasteiger charge is -2.32. The van der Waals surface area contributed by atoms with Crippen molar-refractivity contribution in [3.05, 3.63) is 21.7 Å². The van der Waals surface area contributed by atoms with E-state index in [0.29, 0.717) is 28.5 Å². The Morgan fingerprint density at radius 2 is 2.00 bits per heavy atom. The second kappa shape index (κ2) is 8.73. The topological polar surface area (TPSA) is 47.0 Å². The van der Waals surface area contributed by atoms with Crippen LogP contribution >= 0.6 is 24.4 Å². The molecule has 6 heteroatoms. The molecule has 130 valence electrons. The van der Waals surface area contributed by atoms with E-state index >= 15 is 0 Å². The van der Waals surface area contributed by atoms with Gasteiger partial charge in [0.2, 0.25) is 0 Å². The zero-order chi connectivity index (χ0) is 17.6. The van der Waals surface area contributed by atoms with E-state index in [9.17, 15) is 4.79 Å². The average Bonchev–Trinajstić information content (AvgIpc) is 2.44. The molecule has 0 spiro atoms. The average molecular weight is 357 g/mol. The summed E-state index contributed by atoms with van der Waals surface area (Å²) in [6, 6.07) is 1.80. The third kappa shape index (κ3) is 5.84. The van der Waals surface area contributed by atoms with Crippen LogP contribution in [0, 0.1) is 26.7 Å². The molecule has 1 N–H and O–H groups in total. The third-order valence-electron chi connectivity index (χ3n) is 4.25. The highest BCUT2D eigenvalue weighted by Crippen LogP contribution is 2.35. The molecule has 0 aliphatic heterocycles. The summed E-state index contributed by atoms with van der Waals surface area (Å²) >= 11 is 10.2. The number of aromatic nitrogens is 2. The van der Waals surface area contributed by atoms with Crippen LogP contribution in [0.25, 0.3) is 0 Å². The Morgan fingerprint density at radius 3 is 2.52 bits per heavy atom. The molecule has 0 radical (unpaired) electrons. The minimum atomic E-state index is -0.428. The van der Waals surface area contributed by atoms with E-state index in [2.05, 4.69) is 32.7 Å². The van der Waals surface area contributed by atoms with E-state index in [4.69, 9.17) is 29.2 Å². The predicted molar refractivity (Wildman–Crippen MR) is 98.4 cm³/mol. The summed E-state index contributed by atoms with van der Waals surface area (Å²) in [6.45, 7) is 11.5. The van der Waals surface area contributed by atoms with Gasteiger partial charge in [-0.1, -0.05) is 39.9 Å². The smallest absolute Gasteiger partial charge is 0.312 e. The first-order valence-corrected chi connectivity index (χ1v) is 8.95. The molecule has 0 aliphatic carbocycles. The molecule has 0 amide bonds. The van der Waals surface area contributed by atoms with Gasteiger partial charge in [0.15, 0.2) is 4.77 Å². The lowest BCUT2D eigenvalue weighted by atomic mass is 9.73. The number of hydrogen-bond acceptors (Lipinski definition) is 4. The molecule has 0 aliphatic rings. The Morgan fingerprint density at radius 1 is 1.35 bits per heavy atom. The number of esters is 1. The third-order valence-corrected chi connectivity index (χ3v) is 4.82. The van der Waals surface area contributed by atoms with Crippen LogP contribution in [0.5, 0.6) is 0 Å². The highest BCUT2D eigenvalue weighted by atomic mass is 32.1. The molecular weight excluding hydrogens is 328 g/mol. The molecule has 1 atom stereocenters. The molecule has 1 aromatic rings. The number of carbonyl (C=O) groups excluding carboxylic acids is 1. The molecule has 0 aromatic carbocycles. The molecule has 0 fully saturated rings. The van der Waals surface area contributed by atoms with Crippen LogP contribution in [0.3, 0.4) is 0 Å². The quantitative estimate of drug-likeness (QED) is 0.408. The van der Waals surface area contributed by atoms with Gasteiger partial charge in [0.25, 0.3) is 0 Å². The zero-order valence-corrected chi connectivity index (χ0v) is 16.4. The molecule has 4 nitrogen and oxygen atoms in total. The summed E-state index contributed by atoms with van der Waals surface area (Å²) < 4.78 is 8.65. The fourth-order valence-electron chi connectivity index (χ4n) is 2.59. The second-order valence-corrected chi connectivity index (χ2v) is 7.79. The SMILES string of the molecule is CC(C)CC(C)(C(=O)OCCCn1ccc(=S)[nH]c1=S)C(C)C. The molecule has 23 heavy (non-hydrogen) atoms. The summed E-state index contributed by atoms with van der Waals surface area (Å²) in [6.07, 6.45) is 3.42. The van der Waals surface area contributed by atoms with Crippen molar-refractivity contribution in [2.24, 2.45) is 17.3 Å². The number of H-pyrrole nitrogens is 1. The van der Waals surface area contributed by atoms with Gasteiger partial charge in [0.05, 0.1) is 12.0 Å². The Kier molecular flexibility index (Phi) is 7.61. The lowest BCUT2D eigenvalue weighted by Crippen LogP contribution is -2.36. The number of aryl methyl sites for hydroxylation is 1. The van der Waals surface area contributed by atoms with Crippen LogP contribution in [-0.4, -0.2) is 22.1 Å². The van der Waals surface area contributed by atoms with Crippen LogP contribution < -0.4 is 0 Å². The van der Waals surface area contributed by atoms with Crippen LogP contribution in [0.2, 0.25) is 0 Å². The van der Waals surface area contributed by atoms with Crippen molar-refractivity contribution in [1.29, 1.82) is 0 Å². The Balaban J connectivity index is 2.55. The van der Waals surface area contributed by atoms with Crippen LogP contribution in [-0.2, 0) is 16.1 Å². The lowest BCUT2D eigenvalue weighted by molar-refractivity contribution is -0.159. The highest BCUT2D eigenvalue weighted by molar-refractivity contribution is 7.72. The van der Waals surface area contributed by atoms with Crippen molar-refractivity contribution in [2.75, 3.05) is 6.61 Å². The fourth-order valence-corrected chi connectivity index (χ4v) is 3.07. The van der Waals surface area contributed by atoms with Crippen molar-refractivity contribution in [3.63, 3.8) is 0 Å². The normalized spacial score (nSPS) is 14.0. The summed E-state index contributed by atoms with van der Waals surface area (Å²) in [7, 11) is 0. The van der Waals surface area contributed by atoms with Gasteiger partial charge in [-0.3, -0.25) is 4.79 Å². The minimum Gasteiger partial charge on any atom is -0.465 e. The molecule has 1 rings (SSSR count). The van der Waals surface area contributed by atoms with Gasteiger partial charge in [-0.2, -0.15) is 0 Å². The van der Waals surface area contributed by atoms with E-state index in [-0.39, 0.29) is 11.9 Å². The Labute approximate surface area is 149 Å². The van der Waals surface area contributed by atoms with Gasteiger partial charge in [0, 0.05) is 12.7 Å². The standard InChI is InChI=1S/C17H28N2O2S2/c1-12(2)11-17(5,13(3)4)15(20)21-10-6-8-19-9-7-14(22)18-16(19)23/h7,9,12-13H,6,8,10-11H2,1-5H3,(H,18,22,23). The van der Waals surface area contributed by atoms with E-state index in [1.807, 2.05) is 17.7 Å². The first-order chi connectivity index (χ1) is 10.7. The van der Waals surface area contributed by atoms with E-state index < -0.39 is 5.41 Å². The van der Waals surface area contributed by atoms with Crippen LogP contribution in [0.15, 0.2) is 12.3 Å². The monoisotopic (exact) mass is 356 g/mol. The number of nitrogens with zero attached hydrogens (tertiary/aromatic N) is 1. The van der Waals surface area contributed by atoms with Crippen molar-refractivity contribution >= 4 is 30.4 Å². The Bertz CT molecular complexity index is 634. The van der Waals surface area contributed by atoms with Crippen molar-refractivity contribution in [3.8, 4) is 0 Å². The number of aromatic amines is 1. The van der Waals surface area contributed by atoms with Gasteiger partial charge < -0.3 is 14.3 Å². The van der Waals surface area contributed by atoms with Crippen molar-refractivity contribution in [1.82, 2.24) is 9.55 Å². The van der Waals surface area contributed by atoms with Crippen molar-refractivity contribution in [2.45, 2.75) is 54.0 Å². The first-order valence-electron chi connectivity index (χ1n) is 8.14. The summed E-state index contributed by atoms with van der Waals surface area (Å²) in [4.78, 5) is 15.4. The highest BCUT2D eigenvalue weighted by Gasteiger charge is 2.38. The molecule has 1 unspecified atom stereocenters. The van der Waals surface area contributed by atoms with Gasteiger partial charge in [-0.25, -0.2) is 0 Å². The summed E-state index contributed by atoms with van der Waals surface area (Å²) in [5, 5.41) is 0. The molecular formula is C17H28N2O2S2. The zero-order valence-electron chi connectivity index (χ0n) is 14.7. The van der Waals surface area contributed by atoms with Gasteiger partial charge in [0.1, 0.15) is 4.64 Å². The first kappa shape index (κ1) is 20.0. The number of rotatable bonds is 8. The predicted octanol–water partition coefficient (Wildman–Crippen LogP) is 4.92. The Hall–Kier alpha value is -1.01.